The smallest absolute Gasteiger partial charge is 0.223 e. The van der Waals surface area contributed by atoms with Crippen molar-refractivity contribution in [2.24, 2.45) is 5.92 Å². The number of aromatic hydroxyl groups is 1. The van der Waals surface area contributed by atoms with Gasteiger partial charge >= 0.3 is 0 Å². The lowest BCUT2D eigenvalue weighted by molar-refractivity contribution is -0.134. The third-order valence-corrected chi connectivity index (χ3v) is 4.65. The molecule has 1 N–H and O–H groups in total. The summed E-state index contributed by atoms with van der Waals surface area (Å²) in [5.41, 5.74) is 4.56. The molecule has 1 amide bonds. The molecule has 0 aromatic heterocycles. The van der Waals surface area contributed by atoms with E-state index >= 15 is 0 Å². The van der Waals surface area contributed by atoms with Crippen LogP contribution >= 0.6 is 0 Å². The fourth-order valence-electron chi connectivity index (χ4n) is 3.45. The Hall–Kier alpha value is -2.29. The standard InChI is InChI=1S/C21H25NO2/c1-14(2)12-20(24)22-11-10-16-8-9-18(23)13-19(16)21(22)17-6-4-15(3)5-7-17/h4-9,13-14,21,23H,10-12H2,1-3H3. The largest absolute Gasteiger partial charge is 0.508 e. The number of amides is 1. The minimum absolute atomic E-state index is 0.118. The first-order valence-corrected chi connectivity index (χ1v) is 8.63. The van der Waals surface area contributed by atoms with Gasteiger partial charge in [-0.25, -0.2) is 0 Å². The molecule has 126 valence electrons. The van der Waals surface area contributed by atoms with Gasteiger partial charge in [-0.2, -0.15) is 0 Å². The summed E-state index contributed by atoms with van der Waals surface area (Å²) < 4.78 is 0. The van der Waals surface area contributed by atoms with Gasteiger partial charge in [0.1, 0.15) is 5.75 Å². The molecular formula is C21H25NO2. The maximum absolute atomic E-state index is 12.8. The molecule has 1 heterocycles. The Morgan fingerprint density at radius 1 is 1.21 bits per heavy atom. The Balaban J connectivity index is 2.06. The molecule has 1 aliphatic heterocycles. The van der Waals surface area contributed by atoms with E-state index in [-0.39, 0.29) is 17.7 Å². The molecule has 2 aromatic carbocycles. The maximum atomic E-state index is 12.8. The molecule has 1 atom stereocenters. The van der Waals surface area contributed by atoms with E-state index < -0.39 is 0 Å². The number of phenols is 1. The molecule has 1 aliphatic rings. The highest BCUT2D eigenvalue weighted by atomic mass is 16.3. The molecule has 0 aliphatic carbocycles. The molecule has 0 bridgehead atoms. The highest BCUT2D eigenvalue weighted by Crippen LogP contribution is 2.37. The minimum atomic E-state index is -0.118. The van der Waals surface area contributed by atoms with Gasteiger partial charge in [0.15, 0.2) is 0 Å². The van der Waals surface area contributed by atoms with Crippen LogP contribution in [0.5, 0.6) is 5.75 Å². The number of fused-ring (bicyclic) bond motifs is 1. The molecule has 0 radical (unpaired) electrons. The van der Waals surface area contributed by atoms with Gasteiger partial charge in [0.05, 0.1) is 6.04 Å². The van der Waals surface area contributed by atoms with Gasteiger partial charge in [-0.1, -0.05) is 49.7 Å². The van der Waals surface area contributed by atoms with E-state index in [0.29, 0.717) is 12.3 Å². The van der Waals surface area contributed by atoms with Crippen LogP contribution in [-0.2, 0) is 11.2 Å². The summed E-state index contributed by atoms with van der Waals surface area (Å²) in [5, 5.41) is 9.96. The average molecular weight is 323 g/mol. The summed E-state index contributed by atoms with van der Waals surface area (Å²) in [4.78, 5) is 14.8. The van der Waals surface area contributed by atoms with Crippen molar-refractivity contribution in [3.63, 3.8) is 0 Å². The minimum Gasteiger partial charge on any atom is -0.508 e. The first kappa shape index (κ1) is 16.6. The lowest BCUT2D eigenvalue weighted by Crippen LogP contribution is -2.41. The highest BCUT2D eigenvalue weighted by molar-refractivity contribution is 5.78. The number of rotatable bonds is 3. The fraction of sp³-hybridized carbons (Fsp3) is 0.381. The van der Waals surface area contributed by atoms with Crippen LogP contribution in [0.2, 0.25) is 0 Å². The highest BCUT2D eigenvalue weighted by Gasteiger charge is 2.32. The van der Waals surface area contributed by atoms with Gasteiger partial charge in [0, 0.05) is 13.0 Å². The molecular weight excluding hydrogens is 298 g/mol. The van der Waals surface area contributed by atoms with Gasteiger partial charge in [0.2, 0.25) is 5.91 Å². The van der Waals surface area contributed by atoms with Crippen LogP contribution in [-0.4, -0.2) is 22.5 Å². The van der Waals surface area contributed by atoms with E-state index in [0.717, 1.165) is 24.1 Å². The van der Waals surface area contributed by atoms with E-state index in [4.69, 9.17) is 0 Å². The second-order valence-electron chi connectivity index (χ2n) is 7.13. The van der Waals surface area contributed by atoms with Crippen LogP contribution < -0.4 is 0 Å². The van der Waals surface area contributed by atoms with Gasteiger partial charge < -0.3 is 10.0 Å². The number of aryl methyl sites for hydroxylation is 1. The number of benzene rings is 2. The van der Waals surface area contributed by atoms with Crippen LogP contribution in [0.25, 0.3) is 0 Å². The van der Waals surface area contributed by atoms with Crippen molar-refractivity contribution in [3.8, 4) is 5.75 Å². The second kappa shape index (κ2) is 6.68. The zero-order chi connectivity index (χ0) is 17.3. The lowest BCUT2D eigenvalue weighted by atomic mass is 9.87. The van der Waals surface area contributed by atoms with Crippen molar-refractivity contribution in [3.05, 3.63) is 64.7 Å². The SMILES string of the molecule is Cc1ccc(C2c3cc(O)ccc3CCN2C(=O)CC(C)C)cc1. The zero-order valence-electron chi connectivity index (χ0n) is 14.6. The summed E-state index contributed by atoms with van der Waals surface area (Å²) in [7, 11) is 0. The van der Waals surface area contributed by atoms with Crippen LogP contribution in [0, 0.1) is 12.8 Å². The summed E-state index contributed by atoms with van der Waals surface area (Å²) in [6, 6.07) is 13.8. The molecule has 3 heteroatoms. The summed E-state index contributed by atoms with van der Waals surface area (Å²) in [6.07, 6.45) is 1.39. The predicted octanol–water partition coefficient (Wildman–Crippen LogP) is 4.22. The molecule has 0 fully saturated rings. The third kappa shape index (κ3) is 3.30. The molecule has 2 aromatic rings. The van der Waals surface area contributed by atoms with E-state index in [1.807, 2.05) is 17.0 Å². The molecule has 24 heavy (non-hydrogen) atoms. The summed E-state index contributed by atoms with van der Waals surface area (Å²) in [6.45, 7) is 6.93. The zero-order valence-corrected chi connectivity index (χ0v) is 14.6. The molecule has 3 rings (SSSR count). The van der Waals surface area contributed by atoms with Crippen LogP contribution in [0.1, 0.15) is 48.6 Å². The van der Waals surface area contributed by atoms with Crippen molar-refractivity contribution < 1.29 is 9.90 Å². The van der Waals surface area contributed by atoms with Crippen LogP contribution in [0.3, 0.4) is 0 Å². The molecule has 3 nitrogen and oxygen atoms in total. The third-order valence-electron chi connectivity index (χ3n) is 4.65. The number of hydrogen-bond acceptors (Lipinski definition) is 2. The lowest BCUT2D eigenvalue weighted by Gasteiger charge is -2.38. The maximum Gasteiger partial charge on any atom is 0.223 e. The van der Waals surface area contributed by atoms with E-state index in [1.165, 1.54) is 11.1 Å². The van der Waals surface area contributed by atoms with Crippen molar-refractivity contribution in [1.29, 1.82) is 0 Å². The normalized spacial score (nSPS) is 17.0. The Labute approximate surface area is 143 Å². The second-order valence-corrected chi connectivity index (χ2v) is 7.13. The Morgan fingerprint density at radius 3 is 2.58 bits per heavy atom. The van der Waals surface area contributed by atoms with Gasteiger partial charge in [-0.05, 0) is 48.1 Å². The van der Waals surface area contributed by atoms with Gasteiger partial charge in [-0.15, -0.1) is 0 Å². The molecule has 0 saturated carbocycles. The quantitative estimate of drug-likeness (QED) is 0.918. The molecule has 0 spiro atoms. The average Bonchev–Trinajstić information content (AvgIpc) is 2.54. The number of carbonyl (C=O) groups excluding carboxylic acids is 1. The van der Waals surface area contributed by atoms with E-state index in [1.54, 1.807) is 6.07 Å². The summed E-state index contributed by atoms with van der Waals surface area (Å²) in [5.74, 6) is 0.773. The van der Waals surface area contributed by atoms with Crippen molar-refractivity contribution in [1.82, 2.24) is 4.90 Å². The molecule has 1 unspecified atom stereocenters. The summed E-state index contributed by atoms with van der Waals surface area (Å²) >= 11 is 0. The van der Waals surface area contributed by atoms with E-state index in [9.17, 15) is 9.90 Å². The number of hydrogen-bond donors (Lipinski definition) is 1. The molecule has 0 saturated heterocycles. The number of carbonyl (C=O) groups is 1. The van der Waals surface area contributed by atoms with Crippen molar-refractivity contribution in [2.45, 2.75) is 39.7 Å². The topological polar surface area (TPSA) is 40.5 Å². The first-order chi connectivity index (χ1) is 11.5. The predicted molar refractivity (Wildman–Crippen MR) is 96.0 cm³/mol. The number of phenolic OH excluding ortho intramolecular Hbond substituents is 1. The van der Waals surface area contributed by atoms with Crippen LogP contribution in [0.4, 0.5) is 0 Å². The monoisotopic (exact) mass is 323 g/mol. The number of nitrogens with zero attached hydrogens (tertiary/aromatic N) is 1. The Bertz CT molecular complexity index is 734. The fourth-order valence-corrected chi connectivity index (χ4v) is 3.45. The van der Waals surface area contributed by atoms with Crippen molar-refractivity contribution >= 4 is 5.91 Å². The Morgan fingerprint density at radius 2 is 1.92 bits per heavy atom. The van der Waals surface area contributed by atoms with Crippen LogP contribution in [0.15, 0.2) is 42.5 Å². The van der Waals surface area contributed by atoms with Gasteiger partial charge in [0.25, 0.3) is 0 Å². The Kier molecular flexibility index (Phi) is 4.61. The van der Waals surface area contributed by atoms with Gasteiger partial charge in [-0.3, -0.25) is 4.79 Å². The van der Waals surface area contributed by atoms with E-state index in [2.05, 4.69) is 45.0 Å². The first-order valence-electron chi connectivity index (χ1n) is 8.63. The van der Waals surface area contributed by atoms with Crippen molar-refractivity contribution in [2.75, 3.05) is 6.54 Å².